The number of carboxylic acid groups (broad SMARTS) is 1. The molecular formula is C14H19NO5. The first-order chi connectivity index (χ1) is 9.58. The van der Waals surface area contributed by atoms with Gasteiger partial charge in [0.15, 0.2) is 0 Å². The van der Waals surface area contributed by atoms with Crippen LogP contribution in [0, 0.1) is 11.8 Å². The molecule has 110 valence electrons. The number of amides is 1. The van der Waals surface area contributed by atoms with Crippen molar-refractivity contribution in [2.75, 3.05) is 6.61 Å². The van der Waals surface area contributed by atoms with Gasteiger partial charge >= 0.3 is 5.97 Å². The lowest BCUT2D eigenvalue weighted by molar-refractivity contribution is -0.147. The van der Waals surface area contributed by atoms with E-state index >= 15 is 0 Å². The highest BCUT2D eigenvalue weighted by molar-refractivity contribution is 5.87. The SMILES string of the molecule is C[C@@H](NC(=O)[C@H]1[C@@H](C(=O)O)[C@@H]2C=C[C@@H]1O2)[C@@H]1CCCO1. The zero-order chi connectivity index (χ0) is 14.3. The van der Waals surface area contributed by atoms with Gasteiger partial charge in [0.1, 0.15) is 5.92 Å². The standard InChI is InChI=1S/C14H19NO5/c1-7(8-3-2-6-19-8)15-13(16)11-9-4-5-10(20-9)12(11)14(17)18/h4-5,7-12H,2-3,6H2,1H3,(H,15,16)(H,17,18)/t7-,8+,9+,10+,11-,12+/m1/s1. The van der Waals surface area contributed by atoms with E-state index in [2.05, 4.69) is 5.32 Å². The smallest absolute Gasteiger partial charge is 0.310 e. The monoisotopic (exact) mass is 281 g/mol. The van der Waals surface area contributed by atoms with E-state index in [0.29, 0.717) is 0 Å². The van der Waals surface area contributed by atoms with Crippen molar-refractivity contribution in [2.45, 2.75) is 44.1 Å². The van der Waals surface area contributed by atoms with Gasteiger partial charge in [0.05, 0.1) is 30.3 Å². The van der Waals surface area contributed by atoms with E-state index in [4.69, 9.17) is 9.47 Å². The van der Waals surface area contributed by atoms with Crippen LogP contribution in [0.4, 0.5) is 0 Å². The first-order valence-corrected chi connectivity index (χ1v) is 7.06. The van der Waals surface area contributed by atoms with Gasteiger partial charge in [-0.15, -0.1) is 0 Å². The summed E-state index contributed by atoms with van der Waals surface area (Å²) in [6.07, 6.45) is 4.57. The van der Waals surface area contributed by atoms with Gasteiger partial charge in [-0.05, 0) is 19.8 Å². The molecule has 2 N–H and O–H groups in total. The Balaban J connectivity index is 1.67. The lowest BCUT2D eigenvalue weighted by Crippen LogP contribution is -2.48. The zero-order valence-corrected chi connectivity index (χ0v) is 11.3. The van der Waals surface area contributed by atoms with Crippen LogP contribution in [0.1, 0.15) is 19.8 Å². The summed E-state index contributed by atoms with van der Waals surface area (Å²) >= 11 is 0. The second kappa shape index (κ2) is 5.18. The summed E-state index contributed by atoms with van der Waals surface area (Å²) in [5.74, 6) is -2.67. The molecule has 3 heterocycles. The average molecular weight is 281 g/mol. The molecule has 0 spiro atoms. The Bertz CT molecular complexity index is 443. The van der Waals surface area contributed by atoms with Crippen molar-refractivity contribution >= 4 is 11.9 Å². The normalized spacial score (nSPS) is 40.0. The number of hydrogen-bond donors (Lipinski definition) is 2. The molecule has 2 bridgehead atoms. The summed E-state index contributed by atoms with van der Waals surface area (Å²) in [6.45, 7) is 2.62. The number of carboxylic acids is 1. The fourth-order valence-electron chi connectivity index (χ4n) is 3.33. The summed E-state index contributed by atoms with van der Waals surface area (Å²) in [5.41, 5.74) is 0. The van der Waals surface area contributed by atoms with Crippen LogP contribution in [0.3, 0.4) is 0 Å². The van der Waals surface area contributed by atoms with Crippen molar-refractivity contribution in [3.8, 4) is 0 Å². The molecule has 6 heteroatoms. The minimum atomic E-state index is -0.980. The lowest BCUT2D eigenvalue weighted by Gasteiger charge is -2.25. The molecule has 0 aromatic carbocycles. The topological polar surface area (TPSA) is 84.9 Å². The third-order valence-corrected chi connectivity index (χ3v) is 4.38. The van der Waals surface area contributed by atoms with Gasteiger partial charge < -0.3 is 19.9 Å². The molecule has 0 aliphatic carbocycles. The highest BCUT2D eigenvalue weighted by Gasteiger charge is 2.53. The molecule has 0 saturated carbocycles. The molecule has 0 radical (unpaired) electrons. The predicted molar refractivity (Wildman–Crippen MR) is 69.0 cm³/mol. The molecule has 2 saturated heterocycles. The van der Waals surface area contributed by atoms with E-state index in [9.17, 15) is 14.7 Å². The third kappa shape index (κ3) is 2.23. The van der Waals surface area contributed by atoms with Gasteiger partial charge in [0.25, 0.3) is 0 Å². The molecule has 0 unspecified atom stereocenters. The van der Waals surface area contributed by atoms with Crippen LogP contribution in [-0.2, 0) is 19.1 Å². The largest absolute Gasteiger partial charge is 0.481 e. The van der Waals surface area contributed by atoms with E-state index < -0.39 is 30.0 Å². The maximum Gasteiger partial charge on any atom is 0.310 e. The molecule has 0 aromatic heterocycles. The fraction of sp³-hybridized carbons (Fsp3) is 0.714. The summed E-state index contributed by atoms with van der Waals surface area (Å²) in [5, 5.41) is 12.2. The summed E-state index contributed by atoms with van der Waals surface area (Å²) in [6, 6.07) is -0.109. The molecule has 6 atom stereocenters. The van der Waals surface area contributed by atoms with Crippen LogP contribution in [-0.4, -0.2) is 47.9 Å². The highest BCUT2D eigenvalue weighted by Crippen LogP contribution is 2.39. The first kappa shape index (κ1) is 13.6. The van der Waals surface area contributed by atoms with Gasteiger partial charge in [-0.25, -0.2) is 0 Å². The van der Waals surface area contributed by atoms with Crippen LogP contribution in [0.15, 0.2) is 12.2 Å². The minimum absolute atomic E-state index is 0.0253. The van der Waals surface area contributed by atoms with E-state index in [1.807, 2.05) is 6.92 Å². The molecule has 3 rings (SSSR count). The fourth-order valence-corrected chi connectivity index (χ4v) is 3.33. The minimum Gasteiger partial charge on any atom is -0.481 e. The Morgan fingerprint density at radius 3 is 2.60 bits per heavy atom. The number of carbonyl (C=O) groups is 2. The predicted octanol–water partition coefficient (Wildman–Crippen LogP) is 0.324. The average Bonchev–Trinajstić information content (AvgIpc) is 3.13. The number of rotatable bonds is 4. The van der Waals surface area contributed by atoms with Crippen molar-refractivity contribution in [1.82, 2.24) is 5.32 Å². The Labute approximate surface area is 117 Å². The summed E-state index contributed by atoms with van der Waals surface area (Å²) in [7, 11) is 0. The Kier molecular flexibility index (Phi) is 3.52. The molecule has 3 aliphatic heterocycles. The number of fused-ring (bicyclic) bond motifs is 2. The van der Waals surface area contributed by atoms with Crippen LogP contribution in [0.2, 0.25) is 0 Å². The molecular weight excluding hydrogens is 262 g/mol. The summed E-state index contributed by atoms with van der Waals surface area (Å²) in [4.78, 5) is 23.7. The molecule has 20 heavy (non-hydrogen) atoms. The quantitative estimate of drug-likeness (QED) is 0.725. The second-order valence-electron chi connectivity index (χ2n) is 5.69. The van der Waals surface area contributed by atoms with Gasteiger partial charge in [0.2, 0.25) is 5.91 Å². The van der Waals surface area contributed by atoms with Crippen molar-refractivity contribution in [2.24, 2.45) is 11.8 Å². The van der Waals surface area contributed by atoms with Gasteiger partial charge in [-0.2, -0.15) is 0 Å². The van der Waals surface area contributed by atoms with Gasteiger partial charge in [0, 0.05) is 6.61 Å². The van der Waals surface area contributed by atoms with E-state index in [1.54, 1.807) is 12.2 Å². The first-order valence-electron chi connectivity index (χ1n) is 7.06. The van der Waals surface area contributed by atoms with Crippen molar-refractivity contribution < 1.29 is 24.2 Å². The molecule has 3 aliphatic rings. The van der Waals surface area contributed by atoms with Gasteiger partial charge in [-0.1, -0.05) is 12.2 Å². The lowest BCUT2D eigenvalue weighted by atomic mass is 9.82. The summed E-state index contributed by atoms with van der Waals surface area (Å²) < 4.78 is 11.0. The van der Waals surface area contributed by atoms with E-state index in [1.165, 1.54) is 0 Å². The number of hydrogen-bond acceptors (Lipinski definition) is 4. The third-order valence-electron chi connectivity index (χ3n) is 4.38. The van der Waals surface area contributed by atoms with Crippen molar-refractivity contribution in [1.29, 1.82) is 0 Å². The number of ether oxygens (including phenoxy) is 2. The van der Waals surface area contributed by atoms with Crippen LogP contribution in [0.5, 0.6) is 0 Å². The number of nitrogens with one attached hydrogen (secondary N) is 1. The molecule has 0 aromatic rings. The Hall–Kier alpha value is -1.40. The van der Waals surface area contributed by atoms with Crippen molar-refractivity contribution in [3.05, 3.63) is 12.2 Å². The molecule has 2 fully saturated rings. The maximum absolute atomic E-state index is 12.4. The second-order valence-corrected chi connectivity index (χ2v) is 5.69. The maximum atomic E-state index is 12.4. The number of carbonyl (C=O) groups excluding carboxylic acids is 1. The Morgan fingerprint density at radius 1 is 1.30 bits per heavy atom. The number of aliphatic carboxylic acids is 1. The van der Waals surface area contributed by atoms with Crippen LogP contribution < -0.4 is 5.32 Å². The van der Waals surface area contributed by atoms with Crippen LogP contribution >= 0.6 is 0 Å². The van der Waals surface area contributed by atoms with Crippen molar-refractivity contribution in [3.63, 3.8) is 0 Å². The van der Waals surface area contributed by atoms with Crippen LogP contribution in [0.25, 0.3) is 0 Å². The highest BCUT2D eigenvalue weighted by atomic mass is 16.5. The Morgan fingerprint density at radius 2 is 2.00 bits per heavy atom. The van der Waals surface area contributed by atoms with E-state index in [-0.39, 0.29) is 18.1 Å². The zero-order valence-electron chi connectivity index (χ0n) is 11.3. The molecule has 6 nitrogen and oxygen atoms in total. The van der Waals surface area contributed by atoms with E-state index in [0.717, 1.165) is 19.4 Å². The van der Waals surface area contributed by atoms with Gasteiger partial charge in [-0.3, -0.25) is 9.59 Å². The molecule has 1 amide bonds.